The number of nitrogen functional groups attached to an aromatic ring is 1. The van der Waals surface area contributed by atoms with Crippen molar-refractivity contribution >= 4 is 11.6 Å². The van der Waals surface area contributed by atoms with Crippen molar-refractivity contribution in [1.82, 2.24) is 4.90 Å². The third-order valence-electron chi connectivity index (χ3n) is 2.83. The smallest absolute Gasteiger partial charge is 0.231 e. The molecule has 1 amide bonds. The normalized spacial score (nSPS) is 10.9. The molecule has 0 heterocycles. The van der Waals surface area contributed by atoms with Gasteiger partial charge in [-0.05, 0) is 44.5 Å². The van der Waals surface area contributed by atoms with E-state index in [4.69, 9.17) is 16.2 Å². The number of nitrogens with two attached hydrogens (primary N) is 2. The molecule has 1 aromatic carbocycles. The molecule has 19 heavy (non-hydrogen) atoms. The average Bonchev–Trinajstić information content (AvgIpc) is 2.34. The monoisotopic (exact) mass is 265 g/mol. The SMILES string of the molecule is CC(C)N(CCCOc1ccc(N)cc1)CC(N)=O. The molecule has 0 saturated carbocycles. The number of carbonyl (C=O) groups excluding carboxylic acids is 1. The summed E-state index contributed by atoms with van der Waals surface area (Å²) < 4.78 is 5.60. The number of carbonyl (C=O) groups is 1. The second kappa shape index (κ2) is 7.63. The molecule has 0 fully saturated rings. The number of primary amides is 1. The second-order valence-electron chi connectivity index (χ2n) is 4.80. The molecule has 0 aliphatic carbocycles. The summed E-state index contributed by atoms with van der Waals surface area (Å²) in [5.74, 6) is 0.508. The van der Waals surface area contributed by atoms with Gasteiger partial charge in [-0.1, -0.05) is 0 Å². The zero-order valence-electron chi connectivity index (χ0n) is 11.6. The molecule has 0 radical (unpaired) electrons. The quantitative estimate of drug-likeness (QED) is 0.547. The van der Waals surface area contributed by atoms with Crippen LogP contribution < -0.4 is 16.2 Å². The molecule has 5 nitrogen and oxygen atoms in total. The second-order valence-corrected chi connectivity index (χ2v) is 4.80. The molecule has 0 aliphatic rings. The number of hydrogen-bond acceptors (Lipinski definition) is 4. The van der Waals surface area contributed by atoms with E-state index in [9.17, 15) is 4.79 Å². The zero-order valence-corrected chi connectivity index (χ0v) is 11.6. The molecule has 1 aromatic rings. The largest absolute Gasteiger partial charge is 0.494 e. The van der Waals surface area contributed by atoms with Crippen LogP contribution >= 0.6 is 0 Å². The molecule has 0 aromatic heterocycles. The maximum Gasteiger partial charge on any atom is 0.231 e. The Morgan fingerprint density at radius 1 is 1.32 bits per heavy atom. The van der Waals surface area contributed by atoms with E-state index in [-0.39, 0.29) is 5.91 Å². The van der Waals surface area contributed by atoms with Crippen LogP contribution in [0.25, 0.3) is 0 Å². The lowest BCUT2D eigenvalue weighted by molar-refractivity contribution is -0.119. The molecule has 1 rings (SSSR count). The topological polar surface area (TPSA) is 81.6 Å². The summed E-state index contributed by atoms with van der Waals surface area (Å²) in [6.07, 6.45) is 0.843. The van der Waals surface area contributed by atoms with E-state index in [0.29, 0.717) is 19.2 Å². The number of benzene rings is 1. The third-order valence-corrected chi connectivity index (χ3v) is 2.83. The Morgan fingerprint density at radius 3 is 2.47 bits per heavy atom. The van der Waals surface area contributed by atoms with Gasteiger partial charge in [0.25, 0.3) is 0 Å². The standard InChI is InChI=1S/C14H23N3O2/c1-11(2)17(10-14(16)18)8-3-9-19-13-6-4-12(15)5-7-13/h4-7,11H,3,8-10,15H2,1-2H3,(H2,16,18). The lowest BCUT2D eigenvalue weighted by atomic mass is 10.3. The Morgan fingerprint density at radius 2 is 1.95 bits per heavy atom. The summed E-state index contributed by atoms with van der Waals surface area (Å²) in [7, 11) is 0. The van der Waals surface area contributed by atoms with Crippen molar-refractivity contribution in [2.75, 3.05) is 25.4 Å². The van der Waals surface area contributed by atoms with Crippen LogP contribution in [-0.2, 0) is 4.79 Å². The average molecular weight is 265 g/mol. The summed E-state index contributed by atoms with van der Waals surface area (Å²) in [5, 5.41) is 0. The van der Waals surface area contributed by atoms with Crippen LogP contribution in [0.4, 0.5) is 5.69 Å². The number of amides is 1. The van der Waals surface area contributed by atoms with E-state index in [1.165, 1.54) is 0 Å². The molecule has 0 aliphatic heterocycles. The highest BCUT2D eigenvalue weighted by Gasteiger charge is 2.11. The molecule has 0 spiro atoms. The summed E-state index contributed by atoms with van der Waals surface area (Å²) in [6.45, 7) is 5.77. The van der Waals surface area contributed by atoms with Crippen molar-refractivity contribution in [3.05, 3.63) is 24.3 Å². The third kappa shape index (κ3) is 6.10. The van der Waals surface area contributed by atoms with E-state index in [0.717, 1.165) is 24.4 Å². The lowest BCUT2D eigenvalue weighted by Crippen LogP contribution is -2.39. The van der Waals surface area contributed by atoms with Crippen molar-refractivity contribution in [1.29, 1.82) is 0 Å². The van der Waals surface area contributed by atoms with E-state index < -0.39 is 0 Å². The maximum atomic E-state index is 10.9. The van der Waals surface area contributed by atoms with E-state index in [1.807, 2.05) is 43.0 Å². The van der Waals surface area contributed by atoms with Crippen LogP contribution in [0.5, 0.6) is 5.75 Å². The van der Waals surface area contributed by atoms with Gasteiger partial charge in [0.1, 0.15) is 5.75 Å². The number of ether oxygens (including phenoxy) is 1. The van der Waals surface area contributed by atoms with E-state index in [1.54, 1.807) is 0 Å². The van der Waals surface area contributed by atoms with Gasteiger partial charge in [0.15, 0.2) is 0 Å². The summed E-state index contributed by atoms with van der Waals surface area (Å²) >= 11 is 0. The Labute approximate surface area is 114 Å². The molecule has 0 unspecified atom stereocenters. The predicted molar refractivity (Wildman–Crippen MR) is 76.9 cm³/mol. The highest BCUT2D eigenvalue weighted by atomic mass is 16.5. The van der Waals surface area contributed by atoms with Gasteiger partial charge in [-0.15, -0.1) is 0 Å². The van der Waals surface area contributed by atoms with Crippen LogP contribution in [0.3, 0.4) is 0 Å². The van der Waals surface area contributed by atoms with E-state index in [2.05, 4.69) is 0 Å². The van der Waals surface area contributed by atoms with Gasteiger partial charge in [0.05, 0.1) is 13.2 Å². The Kier molecular flexibility index (Phi) is 6.15. The summed E-state index contributed by atoms with van der Waals surface area (Å²) in [4.78, 5) is 13.0. The van der Waals surface area contributed by atoms with Crippen LogP contribution in [0.1, 0.15) is 20.3 Å². The first kappa shape index (κ1) is 15.3. The minimum absolute atomic E-state index is 0.291. The fourth-order valence-corrected chi connectivity index (χ4v) is 1.74. The number of hydrogen-bond donors (Lipinski definition) is 2. The predicted octanol–water partition coefficient (Wildman–Crippen LogP) is 1.23. The zero-order chi connectivity index (χ0) is 14.3. The van der Waals surface area contributed by atoms with Gasteiger partial charge in [-0.3, -0.25) is 9.69 Å². The molecule has 0 saturated heterocycles. The summed E-state index contributed by atoms with van der Waals surface area (Å²) in [6, 6.07) is 7.60. The lowest BCUT2D eigenvalue weighted by Gasteiger charge is -2.24. The van der Waals surface area contributed by atoms with Crippen molar-refractivity contribution in [3.8, 4) is 5.75 Å². The Hall–Kier alpha value is -1.75. The molecular weight excluding hydrogens is 242 g/mol. The number of nitrogens with zero attached hydrogens (tertiary/aromatic N) is 1. The number of anilines is 1. The van der Waals surface area contributed by atoms with Gasteiger partial charge in [-0.25, -0.2) is 0 Å². The number of rotatable bonds is 8. The van der Waals surface area contributed by atoms with Gasteiger partial charge < -0.3 is 16.2 Å². The van der Waals surface area contributed by atoms with Crippen molar-refractivity contribution in [3.63, 3.8) is 0 Å². The fourth-order valence-electron chi connectivity index (χ4n) is 1.74. The minimum atomic E-state index is -0.298. The first-order valence-corrected chi connectivity index (χ1v) is 6.49. The van der Waals surface area contributed by atoms with Crippen molar-refractivity contribution in [2.24, 2.45) is 5.73 Å². The van der Waals surface area contributed by atoms with Crippen LogP contribution in [0.15, 0.2) is 24.3 Å². The minimum Gasteiger partial charge on any atom is -0.494 e. The first-order valence-electron chi connectivity index (χ1n) is 6.49. The first-order chi connectivity index (χ1) is 8.99. The Balaban J connectivity index is 2.28. The Bertz CT molecular complexity index is 390. The van der Waals surface area contributed by atoms with Crippen molar-refractivity contribution < 1.29 is 9.53 Å². The van der Waals surface area contributed by atoms with Crippen LogP contribution in [0.2, 0.25) is 0 Å². The molecular formula is C14H23N3O2. The molecule has 5 heteroatoms. The molecule has 0 bridgehead atoms. The molecule has 0 atom stereocenters. The molecule has 106 valence electrons. The van der Waals surface area contributed by atoms with Crippen molar-refractivity contribution in [2.45, 2.75) is 26.3 Å². The molecule has 4 N–H and O–H groups in total. The van der Waals surface area contributed by atoms with Crippen LogP contribution in [0, 0.1) is 0 Å². The van der Waals surface area contributed by atoms with Gasteiger partial charge in [-0.2, -0.15) is 0 Å². The fraction of sp³-hybridized carbons (Fsp3) is 0.500. The highest BCUT2D eigenvalue weighted by molar-refractivity contribution is 5.75. The van der Waals surface area contributed by atoms with Crippen LogP contribution in [-0.4, -0.2) is 36.5 Å². The summed E-state index contributed by atoms with van der Waals surface area (Å²) in [5.41, 5.74) is 11.5. The highest BCUT2D eigenvalue weighted by Crippen LogP contribution is 2.13. The maximum absolute atomic E-state index is 10.9. The van der Waals surface area contributed by atoms with Gasteiger partial charge in [0, 0.05) is 18.3 Å². The van der Waals surface area contributed by atoms with Gasteiger partial charge >= 0.3 is 0 Å². The van der Waals surface area contributed by atoms with E-state index >= 15 is 0 Å². The van der Waals surface area contributed by atoms with Gasteiger partial charge in [0.2, 0.25) is 5.91 Å².